The van der Waals surface area contributed by atoms with Crippen molar-refractivity contribution in [1.82, 2.24) is 5.32 Å². The molecule has 0 aromatic heterocycles. The lowest BCUT2D eigenvalue weighted by molar-refractivity contribution is -0.139. The Labute approximate surface area is 95.9 Å². The summed E-state index contributed by atoms with van der Waals surface area (Å²) in [6.07, 6.45) is 2.30. The molecule has 0 heterocycles. The first-order chi connectivity index (χ1) is 7.51. The number of hydrogen-bond acceptors (Lipinski definition) is 3. The Balaban J connectivity index is 4.08. The maximum Gasteiger partial charge on any atom is 0.320 e. The summed E-state index contributed by atoms with van der Waals surface area (Å²) in [7, 11) is 0. The van der Waals surface area contributed by atoms with Gasteiger partial charge in [-0.3, -0.25) is 9.59 Å². The number of rotatable bonds is 9. The molecule has 2 atom stereocenters. The summed E-state index contributed by atoms with van der Waals surface area (Å²) in [6.45, 7) is 4.23. The Hall–Kier alpha value is -1.10. The maximum atomic E-state index is 10.7. The van der Waals surface area contributed by atoms with Crippen LogP contribution in [0.15, 0.2) is 0 Å². The van der Waals surface area contributed by atoms with Crippen molar-refractivity contribution in [2.75, 3.05) is 6.54 Å². The third kappa shape index (κ3) is 6.40. The topological polar surface area (TPSA) is 86.6 Å². The van der Waals surface area contributed by atoms with Crippen LogP contribution in [-0.4, -0.2) is 34.7 Å². The normalized spacial score (nSPS) is 14.4. The van der Waals surface area contributed by atoms with Gasteiger partial charge in [-0.2, -0.15) is 0 Å². The van der Waals surface area contributed by atoms with Crippen LogP contribution in [0.3, 0.4) is 0 Å². The minimum atomic E-state index is -0.881. The van der Waals surface area contributed by atoms with E-state index in [4.69, 9.17) is 10.2 Å². The van der Waals surface area contributed by atoms with Crippen LogP contribution in [0.1, 0.15) is 39.5 Å². The molecule has 0 rings (SSSR count). The summed E-state index contributed by atoms with van der Waals surface area (Å²) in [6, 6.07) is -0.576. The van der Waals surface area contributed by atoms with Crippen molar-refractivity contribution in [2.45, 2.75) is 45.6 Å². The van der Waals surface area contributed by atoms with Crippen molar-refractivity contribution in [3.8, 4) is 0 Å². The number of carboxylic acid groups (broad SMARTS) is 2. The molecule has 0 aromatic carbocycles. The summed E-state index contributed by atoms with van der Waals surface area (Å²) >= 11 is 0. The van der Waals surface area contributed by atoms with Crippen molar-refractivity contribution in [3.05, 3.63) is 0 Å². The fraction of sp³-hybridized carbons (Fsp3) is 0.818. The average Bonchev–Trinajstić information content (AvgIpc) is 2.17. The van der Waals surface area contributed by atoms with Gasteiger partial charge in [0.05, 0.1) is 0 Å². The molecule has 0 amide bonds. The van der Waals surface area contributed by atoms with E-state index in [2.05, 4.69) is 5.32 Å². The Morgan fingerprint density at radius 2 is 1.88 bits per heavy atom. The molecule has 0 aliphatic rings. The lowest BCUT2D eigenvalue weighted by atomic mass is 9.99. The molecule has 0 saturated heterocycles. The quantitative estimate of drug-likeness (QED) is 0.557. The highest BCUT2D eigenvalue weighted by Crippen LogP contribution is 2.10. The minimum absolute atomic E-state index is 0.0101. The fourth-order valence-corrected chi connectivity index (χ4v) is 1.65. The van der Waals surface area contributed by atoms with Crippen LogP contribution in [0.2, 0.25) is 0 Å². The third-order valence-corrected chi connectivity index (χ3v) is 2.52. The van der Waals surface area contributed by atoms with Gasteiger partial charge in [0.1, 0.15) is 6.04 Å². The van der Waals surface area contributed by atoms with E-state index >= 15 is 0 Å². The third-order valence-electron chi connectivity index (χ3n) is 2.52. The van der Waals surface area contributed by atoms with Crippen LogP contribution in [0.25, 0.3) is 0 Å². The summed E-state index contributed by atoms with van der Waals surface area (Å²) in [5, 5.41) is 20.4. The van der Waals surface area contributed by atoms with E-state index in [1.165, 1.54) is 0 Å². The molecule has 0 spiro atoms. The molecule has 0 fully saturated rings. The van der Waals surface area contributed by atoms with Gasteiger partial charge in [-0.15, -0.1) is 0 Å². The molecule has 5 nitrogen and oxygen atoms in total. The van der Waals surface area contributed by atoms with Gasteiger partial charge in [-0.25, -0.2) is 0 Å². The SMILES string of the molecule is CCCC(CN[C@@H](CC)C(=O)O)CC(=O)O. The van der Waals surface area contributed by atoms with Gasteiger partial charge in [-0.1, -0.05) is 20.3 Å². The molecule has 0 aliphatic carbocycles. The zero-order valence-electron chi connectivity index (χ0n) is 9.90. The number of aliphatic carboxylic acids is 2. The summed E-state index contributed by atoms with van der Waals surface area (Å²) in [5.74, 6) is -1.70. The second-order valence-corrected chi connectivity index (χ2v) is 3.96. The Kier molecular flexibility index (Phi) is 7.54. The van der Waals surface area contributed by atoms with E-state index in [9.17, 15) is 9.59 Å². The van der Waals surface area contributed by atoms with Gasteiger partial charge in [0.25, 0.3) is 0 Å². The maximum absolute atomic E-state index is 10.7. The Morgan fingerprint density at radius 3 is 2.25 bits per heavy atom. The highest BCUT2D eigenvalue weighted by molar-refractivity contribution is 5.73. The van der Waals surface area contributed by atoms with Crippen molar-refractivity contribution in [1.29, 1.82) is 0 Å². The molecule has 16 heavy (non-hydrogen) atoms. The first kappa shape index (κ1) is 14.9. The number of carbonyl (C=O) groups is 2. The first-order valence-electron chi connectivity index (χ1n) is 5.69. The highest BCUT2D eigenvalue weighted by atomic mass is 16.4. The smallest absolute Gasteiger partial charge is 0.320 e. The second kappa shape index (κ2) is 8.10. The van der Waals surface area contributed by atoms with E-state index in [1.54, 1.807) is 6.92 Å². The van der Waals surface area contributed by atoms with Crippen LogP contribution in [-0.2, 0) is 9.59 Å². The lowest BCUT2D eigenvalue weighted by Crippen LogP contribution is -2.39. The van der Waals surface area contributed by atoms with Crippen LogP contribution >= 0.6 is 0 Å². The molecule has 0 saturated carbocycles. The fourth-order valence-electron chi connectivity index (χ4n) is 1.65. The van der Waals surface area contributed by atoms with Crippen LogP contribution < -0.4 is 5.32 Å². The average molecular weight is 231 g/mol. The predicted octanol–water partition coefficient (Wildman–Crippen LogP) is 1.33. The molecule has 1 unspecified atom stereocenters. The van der Waals surface area contributed by atoms with Crippen molar-refractivity contribution in [3.63, 3.8) is 0 Å². The van der Waals surface area contributed by atoms with Gasteiger partial charge < -0.3 is 15.5 Å². The van der Waals surface area contributed by atoms with Gasteiger partial charge in [-0.05, 0) is 25.3 Å². The van der Waals surface area contributed by atoms with E-state index in [0.29, 0.717) is 13.0 Å². The molecular weight excluding hydrogens is 210 g/mol. The van der Waals surface area contributed by atoms with Gasteiger partial charge in [0, 0.05) is 6.42 Å². The van der Waals surface area contributed by atoms with Crippen LogP contribution in [0, 0.1) is 5.92 Å². The summed E-state index contributed by atoms with van der Waals surface area (Å²) < 4.78 is 0. The van der Waals surface area contributed by atoms with Gasteiger partial charge in [0.2, 0.25) is 0 Å². The molecule has 94 valence electrons. The van der Waals surface area contributed by atoms with Crippen molar-refractivity contribution in [2.24, 2.45) is 5.92 Å². The summed E-state index contributed by atoms with van der Waals surface area (Å²) in [4.78, 5) is 21.3. The van der Waals surface area contributed by atoms with E-state index in [1.807, 2.05) is 6.92 Å². The van der Waals surface area contributed by atoms with Crippen molar-refractivity contribution >= 4 is 11.9 Å². The summed E-state index contributed by atoms with van der Waals surface area (Å²) in [5.41, 5.74) is 0. The predicted molar refractivity (Wildman–Crippen MR) is 60.4 cm³/mol. The molecule has 3 N–H and O–H groups in total. The monoisotopic (exact) mass is 231 g/mol. The molecular formula is C11H21NO4. The zero-order chi connectivity index (χ0) is 12.6. The minimum Gasteiger partial charge on any atom is -0.481 e. The standard InChI is InChI=1S/C11H21NO4/c1-3-5-8(6-10(13)14)7-12-9(4-2)11(15)16/h8-9,12H,3-7H2,1-2H3,(H,13,14)(H,15,16)/t8?,9-/m0/s1. The number of nitrogens with one attached hydrogen (secondary N) is 1. The Morgan fingerprint density at radius 1 is 1.25 bits per heavy atom. The number of carboxylic acids is 2. The molecule has 0 radical (unpaired) electrons. The lowest BCUT2D eigenvalue weighted by Gasteiger charge is -2.18. The Bertz CT molecular complexity index is 230. The molecule has 0 aliphatic heterocycles. The molecule has 5 heteroatoms. The van der Waals surface area contributed by atoms with Crippen LogP contribution in [0.5, 0.6) is 0 Å². The van der Waals surface area contributed by atoms with E-state index in [0.717, 1.165) is 12.8 Å². The molecule has 0 aromatic rings. The zero-order valence-corrected chi connectivity index (χ0v) is 9.90. The van der Waals surface area contributed by atoms with E-state index < -0.39 is 18.0 Å². The second-order valence-electron chi connectivity index (χ2n) is 3.96. The van der Waals surface area contributed by atoms with Crippen molar-refractivity contribution < 1.29 is 19.8 Å². The largest absolute Gasteiger partial charge is 0.481 e. The van der Waals surface area contributed by atoms with Gasteiger partial charge >= 0.3 is 11.9 Å². The first-order valence-corrected chi connectivity index (χ1v) is 5.69. The van der Waals surface area contributed by atoms with Gasteiger partial charge in [0.15, 0.2) is 0 Å². The number of hydrogen-bond donors (Lipinski definition) is 3. The van der Waals surface area contributed by atoms with E-state index in [-0.39, 0.29) is 12.3 Å². The van der Waals surface area contributed by atoms with Crippen LogP contribution in [0.4, 0.5) is 0 Å². The highest BCUT2D eigenvalue weighted by Gasteiger charge is 2.18. The molecule has 0 bridgehead atoms.